The number of nitrogens with zero attached hydrogens (tertiary/aromatic N) is 3. The summed E-state index contributed by atoms with van der Waals surface area (Å²) >= 11 is 0. The Hall–Kier alpha value is -2.10. The average Bonchev–Trinajstić information content (AvgIpc) is 3.17. The van der Waals surface area contributed by atoms with E-state index in [-0.39, 0.29) is 16.7 Å². The molecule has 0 amide bonds. The van der Waals surface area contributed by atoms with Crippen molar-refractivity contribution in [1.82, 2.24) is 9.78 Å². The molecule has 0 atom stereocenters. The molecular formula is C22H28BN3O2. The molecule has 1 aliphatic heterocycles. The SMILES string of the molecule is CC1(C)OB(c2cnn(C3(CC#N)CC(Cc4ccccc4)C3)c2)OC1(C)C. The second-order valence-corrected chi connectivity index (χ2v) is 9.33. The molecule has 0 radical (unpaired) electrons. The van der Waals surface area contributed by atoms with Crippen LogP contribution >= 0.6 is 0 Å². The van der Waals surface area contributed by atoms with Gasteiger partial charge in [-0.1, -0.05) is 30.3 Å². The zero-order valence-corrected chi connectivity index (χ0v) is 17.2. The second kappa shape index (κ2) is 6.75. The van der Waals surface area contributed by atoms with Gasteiger partial charge < -0.3 is 9.31 Å². The van der Waals surface area contributed by atoms with Crippen molar-refractivity contribution in [3.8, 4) is 6.07 Å². The van der Waals surface area contributed by atoms with Crippen LogP contribution in [0.4, 0.5) is 0 Å². The first-order valence-electron chi connectivity index (χ1n) is 10.1. The summed E-state index contributed by atoms with van der Waals surface area (Å²) in [5, 5.41) is 14.0. The fraction of sp³-hybridized carbons (Fsp3) is 0.545. The lowest BCUT2D eigenvalue weighted by atomic mass is 9.65. The molecule has 0 N–H and O–H groups in total. The van der Waals surface area contributed by atoms with E-state index < -0.39 is 7.12 Å². The van der Waals surface area contributed by atoms with Crippen LogP contribution in [0.1, 0.15) is 52.5 Å². The van der Waals surface area contributed by atoms with E-state index >= 15 is 0 Å². The highest BCUT2D eigenvalue weighted by molar-refractivity contribution is 6.62. The Labute approximate surface area is 167 Å². The van der Waals surface area contributed by atoms with E-state index in [2.05, 4.69) is 63.1 Å². The first kappa shape index (κ1) is 19.2. The minimum atomic E-state index is -0.418. The van der Waals surface area contributed by atoms with Gasteiger partial charge >= 0.3 is 7.12 Å². The van der Waals surface area contributed by atoms with Crippen LogP contribution in [-0.2, 0) is 21.3 Å². The summed E-state index contributed by atoms with van der Waals surface area (Å²) in [5.41, 5.74) is 1.32. The van der Waals surface area contributed by atoms with Crippen molar-refractivity contribution in [2.45, 2.75) is 70.1 Å². The normalized spacial score (nSPS) is 28.0. The van der Waals surface area contributed by atoms with Crippen LogP contribution in [0.15, 0.2) is 42.7 Å². The van der Waals surface area contributed by atoms with Crippen molar-refractivity contribution >= 4 is 12.6 Å². The minimum absolute atomic E-state index is 0.212. The summed E-state index contributed by atoms with van der Waals surface area (Å²) < 4.78 is 14.3. The number of benzene rings is 1. The highest BCUT2D eigenvalue weighted by Gasteiger charge is 2.53. The van der Waals surface area contributed by atoms with Gasteiger partial charge in [-0.25, -0.2) is 0 Å². The van der Waals surface area contributed by atoms with Crippen LogP contribution in [-0.4, -0.2) is 28.1 Å². The molecule has 1 saturated carbocycles. The van der Waals surface area contributed by atoms with Gasteiger partial charge in [-0.05, 0) is 58.4 Å². The van der Waals surface area contributed by atoms with Gasteiger partial charge in [0.2, 0.25) is 0 Å². The predicted molar refractivity (Wildman–Crippen MR) is 109 cm³/mol. The van der Waals surface area contributed by atoms with E-state index in [0.717, 1.165) is 24.7 Å². The maximum Gasteiger partial charge on any atom is 0.498 e. The Morgan fingerprint density at radius 3 is 2.39 bits per heavy atom. The minimum Gasteiger partial charge on any atom is -0.399 e. The number of hydrogen-bond donors (Lipinski definition) is 0. The average molecular weight is 377 g/mol. The third-order valence-electron chi connectivity index (χ3n) is 6.73. The highest BCUT2D eigenvalue weighted by Crippen LogP contribution is 2.47. The monoisotopic (exact) mass is 377 g/mol. The van der Waals surface area contributed by atoms with E-state index in [0.29, 0.717) is 12.3 Å². The Morgan fingerprint density at radius 2 is 1.79 bits per heavy atom. The molecule has 1 saturated heterocycles. The van der Waals surface area contributed by atoms with Crippen molar-refractivity contribution in [3.63, 3.8) is 0 Å². The molecule has 6 heteroatoms. The quantitative estimate of drug-likeness (QED) is 0.749. The van der Waals surface area contributed by atoms with Gasteiger partial charge in [0.05, 0.1) is 29.2 Å². The molecule has 146 valence electrons. The molecule has 5 nitrogen and oxygen atoms in total. The molecule has 0 unspecified atom stereocenters. The third-order valence-corrected chi connectivity index (χ3v) is 6.73. The smallest absolute Gasteiger partial charge is 0.399 e. The maximum absolute atomic E-state index is 9.42. The van der Waals surface area contributed by atoms with Gasteiger partial charge in [-0.2, -0.15) is 10.4 Å². The lowest BCUT2D eigenvalue weighted by Gasteiger charge is -2.47. The van der Waals surface area contributed by atoms with Crippen LogP contribution in [0.2, 0.25) is 0 Å². The summed E-state index contributed by atoms with van der Waals surface area (Å²) in [6.07, 6.45) is 7.31. The lowest BCUT2D eigenvalue weighted by molar-refractivity contribution is 0.00578. The molecule has 1 aromatic heterocycles. The van der Waals surface area contributed by atoms with Gasteiger partial charge in [0.25, 0.3) is 0 Å². The van der Waals surface area contributed by atoms with Crippen LogP contribution in [0, 0.1) is 17.2 Å². The molecule has 2 fully saturated rings. The maximum atomic E-state index is 9.42. The number of aromatic nitrogens is 2. The predicted octanol–water partition coefficient (Wildman–Crippen LogP) is 3.44. The van der Waals surface area contributed by atoms with E-state index in [9.17, 15) is 5.26 Å². The standard InChI is InChI=1S/C22H28BN3O2/c1-20(2)21(3,4)28-23(27-20)19-15-25-26(16-19)22(10-11-24)13-18(14-22)12-17-8-6-5-7-9-17/h5-9,15-16,18H,10,12-14H2,1-4H3. The van der Waals surface area contributed by atoms with Crippen molar-refractivity contribution in [3.05, 3.63) is 48.3 Å². The van der Waals surface area contributed by atoms with Gasteiger partial charge in [0.1, 0.15) is 0 Å². The van der Waals surface area contributed by atoms with Gasteiger partial charge in [0.15, 0.2) is 0 Å². The summed E-state index contributed by atoms with van der Waals surface area (Å²) in [7, 11) is -0.418. The Balaban J connectivity index is 1.48. The van der Waals surface area contributed by atoms with E-state index in [4.69, 9.17) is 9.31 Å². The van der Waals surface area contributed by atoms with E-state index in [1.165, 1.54) is 5.56 Å². The molecule has 2 aliphatic rings. The lowest BCUT2D eigenvalue weighted by Crippen LogP contribution is -2.47. The topological polar surface area (TPSA) is 60.1 Å². The number of nitriles is 1. The van der Waals surface area contributed by atoms with Crippen molar-refractivity contribution in [2.24, 2.45) is 5.92 Å². The van der Waals surface area contributed by atoms with Crippen molar-refractivity contribution in [2.75, 3.05) is 0 Å². The molecule has 2 heterocycles. The van der Waals surface area contributed by atoms with Crippen LogP contribution in [0.5, 0.6) is 0 Å². The van der Waals surface area contributed by atoms with Crippen LogP contribution in [0.25, 0.3) is 0 Å². The zero-order chi connectivity index (χ0) is 20.0. The molecule has 28 heavy (non-hydrogen) atoms. The Morgan fingerprint density at radius 1 is 1.14 bits per heavy atom. The van der Waals surface area contributed by atoms with Crippen molar-refractivity contribution < 1.29 is 9.31 Å². The Kier molecular flexibility index (Phi) is 4.64. The summed E-state index contributed by atoms with van der Waals surface area (Å²) in [6, 6.07) is 12.9. The molecule has 0 spiro atoms. The second-order valence-electron chi connectivity index (χ2n) is 9.33. The largest absolute Gasteiger partial charge is 0.498 e. The van der Waals surface area contributed by atoms with Crippen LogP contribution < -0.4 is 5.46 Å². The van der Waals surface area contributed by atoms with Crippen LogP contribution in [0.3, 0.4) is 0 Å². The summed E-state index contributed by atoms with van der Waals surface area (Å²) in [6.45, 7) is 8.20. The Bertz CT molecular complexity index is 863. The molecular weight excluding hydrogens is 349 g/mol. The molecule has 1 aliphatic carbocycles. The first-order chi connectivity index (χ1) is 13.2. The molecule has 2 aromatic rings. The van der Waals surface area contributed by atoms with E-state index in [1.54, 1.807) is 0 Å². The molecule has 4 rings (SSSR count). The van der Waals surface area contributed by atoms with Gasteiger partial charge in [0, 0.05) is 17.9 Å². The van der Waals surface area contributed by atoms with E-state index in [1.807, 2.05) is 23.1 Å². The number of hydrogen-bond acceptors (Lipinski definition) is 4. The fourth-order valence-electron chi connectivity index (χ4n) is 4.36. The summed E-state index contributed by atoms with van der Waals surface area (Å²) in [5.74, 6) is 0.584. The fourth-order valence-corrected chi connectivity index (χ4v) is 4.36. The zero-order valence-electron chi connectivity index (χ0n) is 17.2. The summed E-state index contributed by atoms with van der Waals surface area (Å²) in [4.78, 5) is 0. The third kappa shape index (κ3) is 3.27. The van der Waals surface area contributed by atoms with Gasteiger partial charge in [-0.3, -0.25) is 4.68 Å². The molecule has 1 aromatic carbocycles. The number of rotatable bonds is 5. The first-order valence-corrected chi connectivity index (χ1v) is 10.1. The highest BCUT2D eigenvalue weighted by atomic mass is 16.7. The van der Waals surface area contributed by atoms with Gasteiger partial charge in [-0.15, -0.1) is 0 Å². The van der Waals surface area contributed by atoms with Crippen molar-refractivity contribution in [1.29, 1.82) is 5.26 Å². The molecule has 0 bridgehead atoms.